The van der Waals surface area contributed by atoms with Crippen LogP contribution in [0.15, 0.2) is 17.1 Å². The Morgan fingerprint density at radius 3 is 2.33 bits per heavy atom. The maximum atomic E-state index is 5.33. The highest BCUT2D eigenvalue weighted by atomic mass is 35.5. The first-order valence-electron chi connectivity index (χ1n) is 4.67. The fourth-order valence-electron chi connectivity index (χ4n) is 0.799. The van der Waals surface area contributed by atoms with Gasteiger partial charge in [-0.1, -0.05) is 26.5 Å². The number of oxazole rings is 1. The largest absolute Gasteiger partial charge is 0.424 e. The molecule has 1 rings (SSSR count). The first-order valence-corrected chi connectivity index (χ1v) is 5.42. The fraction of sp³-hybridized carbons (Fsp3) is 0.364. The van der Waals surface area contributed by atoms with E-state index < -0.39 is 0 Å². The number of nitrogens with two attached hydrogens (primary N) is 1. The van der Waals surface area contributed by atoms with Gasteiger partial charge in [-0.05, 0) is 19.1 Å². The van der Waals surface area contributed by atoms with Crippen LogP contribution < -0.4 is 16.5 Å². The van der Waals surface area contributed by atoms with Gasteiger partial charge in [-0.15, -0.1) is 11.6 Å². The Hall–Kier alpha value is -1.22. The van der Waals surface area contributed by atoms with Gasteiger partial charge in [0.05, 0.1) is 0 Å². The predicted molar refractivity (Wildman–Crippen MR) is 68.1 cm³/mol. The van der Waals surface area contributed by atoms with Crippen LogP contribution in [0.3, 0.4) is 0 Å². The summed E-state index contributed by atoms with van der Waals surface area (Å²) in [6, 6.07) is 0.186. The molecule has 86 valence electrons. The van der Waals surface area contributed by atoms with Crippen molar-refractivity contribution in [2.45, 2.75) is 20.8 Å². The Labute approximate surface area is 96.0 Å². The third kappa shape index (κ3) is 5.96. The predicted octanol–water partition coefficient (Wildman–Crippen LogP) is 1.90. The lowest BCUT2D eigenvalue weighted by atomic mass is 10.4. The molecule has 0 radical (unpaired) electrons. The molecule has 0 bridgehead atoms. The Bertz CT molecular complexity index is 368. The number of rotatable bonds is 1. The summed E-state index contributed by atoms with van der Waals surface area (Å²) in [7, 11) is 0. The van der Waals surface area contributed by atoms with Crippen molar-refractivity contribution in [3.05, 3.63) is 23.4 Å². The maximum absolute atomic E-state index is 5.33. The molecule has 0 amide bonds. The van der Waals surface area contributed by atoms with Crippen LogP contribution in [0.5, 0.6) is 0 Å². The lowest BCUT2D eigenvalue weighted by molar-refractivity contribution is 0.545. The first-order chi connectivity index (χ1) is 7.27. The SMILES string of the molecule is C=C/C=c1/nc(N)o/c1=C/C.CC.CCl. The molecule has 0 aliphatic rings. The number of allylic oxidation sites excluding steroid dienone is 1. The molecular formula is C11H19ClN2O. The van der Waals surface area contributed by atoms with Crippen LogP contribution in [0.4, 0.5) is 6.01 Å². The zero-order chi connectivity index (χ0) is 12.3. The minimum Gasteiger partial charge on any atom is -0.424 e. The summed E-state index contributed by atoms with van der Waals surface area (Å²) in [5.74, 6) is 0. The Morgan fingerprint density at radius 2 is 1.93 bits per heavy atom. The highest BCUT2D eigenvalue weighted by molar-refractivity contribution is 6.15. The molecule has 0 saturated heterocycles. The van der Waals surface area contributed by atoms with Gasteiger partial charge in [0.2, 0.25) is 0 Å². The van der Waals surface area contributed by atoms with Crippen LogP contribution >= 0.6 is 11.6 Å². The Balaban J connectivity index is 0. The monoisotopic (exact) mass is 230 g/mol. The average molecular weight is 231 g/mol. The van der Waals surface area contributed by atoms with E-state index in [-0.39, 0.29) is 6.01 Å². The molecule has 3 nitrogen and oxygen atoms in total. The van der Waals surface area contributed by atoms with Gasteiger partial charge >= 0.3 is 0 Å². The minimum absolute atomic E-state index is 0.186. The molecule has 1 heterocycles. The van der Waals surface area contributed by atoms with E-state index in [1.54, 1.807) is 18.2 Å². The van der Waals surface area contributed by atoms with Gasteiger partial charge in [0.1, 0.15) is 5.35 Å². The molecule has 0 fully saturated rings. The van der Waals surface area contributed by atoms with Crippen molar-refractivity contribution in [3.63, 3.8) is 0 Å². The zero-order valence-corrected chi connectivity index (χ0v) is 10.5. The van der Waals surface area contributed by atoms with Crippen molar-refractivity contribution in [2.75, 3.05) is 12.1 Å². The average Bonchev–Trinajstić information content (AvgIpc) is 2.65. The molecule has 0 spiro atoms. The topological polar surface area (TPSA) is 52.0 Å². The molecular weight excluding hydrogens is 212 g/mol. The van der Waals surface area contributed by atoms with E-state index in [1.807, 2.05) is 20.8 Å². The molecule has 1 aromatic rings. The maximum Gasteiger partial charge on any atom is 0.292 e. The smallest absolute Gasteiger partial charge is 0.292 e. The van der Waals surface area contributed by atoms with Crippen molar-refractivity contribution >= 4 is 29.8 Å². The van der Waals surface area contributed by atoms with Gasteiger partial charge in [-0.2, -0.15) is 4.98 Å². The van der Waals surface area contributed by atoms with Crippen molar-refractivity contribution in [1.82, 2.24) is 4.98 Å². The van der Waals surface area contributed by atoms with E-state index in [1.165, 1.54) is 6.38 Å². The molecule has 0 aliphatic heterocycles. The number of aromatic nitrogens is 1. The van der Waals surface area contributed by atoms with E-state index in [4.69, 9.17) is 10.2 Å². The summed E-state index contributed by atoms with van der Waals surface area (Å²) in [5.41, 5.74) is 6.02. The van der Waals surface area contributed by atoms with Crippen LogP contribution in [0.25, 0.3) is 12.2 Å². The summed E-state index contributed by atoms with van der Waals surface area (Å²) in [4.78, 5) is 3.92. The van der Waals surface area contributed by atoms with E-state index in [9.17, 15) is 0 Å². The summed E-state index contributed by atoms with van der Waals surface area (Å²) in [5, 5.41) is 0.722. The molecule has 2 N–H and O–H groups in total. The number of nitrogen functional groups attached to an aromatic ring is 1. The Kier molecular flexibility index (Phi) is 11.7. The second-order valence-electron chi connectivity index (χ2n) is 1.99. The number of hydrogen-bond donors (Lipinski definition) is 1. The lowest BCUT2D eigenvalue weighted by Crippen LogP contribution is -2.20. The van der Waals surface area contributed by atoms with Crippen LogP contribution in [0.2, 0.25) is 0 Å². The molecule has 0 unspecified atom stereocenters. The highest BCUT2D eigenvalue weighted by Gasteiger charge is 1.92. The van der Waals surface area contributed by atoms with Crippen LogP contribution in [0.1, 0.15) is 20.8 Å². The quantitative estimate of drug-likeness (QED) is 0.750. The summed E-state index contributed by atoms with van der Waals surface area (Å²) < 4.78 is 5.05. The molecule has 0 atom stereocenters. The minimum atomic E-state index is 0.186. The molecule has 4 heteroatoms. The van der Waals surface area contributed by atoms with Gasteiger partial charge in [0.15, 0.2) is 5.42 Å². The second kappa shape index (κ2) is 10.9. The fourth-order valence-corrected chi connectivity index (χ4v) is 0.799. The van der Waals surface area contributed by atoms with Crippen molar-refractivity contribution in [3.8, 4) is 0 Å². The number of hydrogen-bond acceptors (Lipinski definition) is 3. The zero-order valence-electron chi connectivity index (χ0n) is 9.75. The molecule has 15 heavy (non-hydrogen) atoms. The molecule has 0 saturated carbocycles. The summed E-state index contributed by atoms with van der Waals surface area (Å²) in [6.45, 7) is 9.41. The van der Waals surface area contributed by atoms with E-state index >= 15 is 0 Å². The third-order valence-corrected chi connectivity index (χ3v) is 1.24. The third-order valence-electron chi connectivity index (χ3n) is 1.24. The van der Waals surface area contributed by atoms with Gasteiger partial charge in [-0.3, -0.25) is 0 Å². The Morgan fingerprint density at radius 1 is 1.40 bits per heavy atom. The van der Waals surface area contributed by atoms with Crippen molar-refractivity contribution < 1.29 is 4.42 Å². The molecule has 1 aromatic heterocycles. The van der Waals surface area contributed by atoms with Crippen LogP contribution in [-0.2, 0) is 0 Å². The second-order valence-corrected chi connectivity index (χ2v) is 1.99. The van der Waals surface area contributed by atoms with E-state index in [0.717, 1.165) is 5.35 Å². The normalized spacial score (nSPS) is 11.0. The van der Waals surface area contributed by atoms with Gasteiger partial charge < -0.3 is 10.2 Å². The van der Waals surface area contributed by atoms with E-state index in [0.29, 0.717) is 5.42 Å². The van der Waals surface area contributed by atoms with Gasteiger partial charge in [0, 0.05) is 6.38 Å². The van der Waals surface area contributed by atoms with Crippen LogP contribution in [0, 0.1) is 0 Å². The number of alkyl halides is 1. The van der Waals surface area contributed by atoms with Gasteiger partial charge in [0.25, 0.3) is 6.01 Å². The summed E-state index contributed by atoms with van der Waals surface area (Å²) in [6.07, 6.45) is 6.66. The van der Waals surface area contributed by atoms with Gasteiger partial charge in [-0.25, -0.2) is 0 Å². The number of halogens is 1. The lowest BCUT2D eigenvalue weighted by Gasteiger charge is -1.71. The number of nitrogens with zero attached hydrogens (tertiary/aromatic N) is 1. The standard InChI is InChI=1S/C8H10N2O.C2H6.CH3Cl/c1-3-5-6-7(4-2)11-8(9)10-6;2*1-2/h3-5H,1H2,2H3,(H2,9,10);1-2H3;1H3/b6-5+,7-4+;;. The highest BCUT2D eigenvalue weighted by Crippen LogP contribution is 1.82. The van der Waals surface area contributed by atoms with E-state index in [2.05, 4.69) is 23.2 Å². The van der Waals surface area contributed by atoms with Crippen molar-refractivity contribution in [1.29, 1.82) is 0 Å². The van der Waals surface area contributed by atoms with Crippen molar-refractivity contribution in [2.24, 2.45) is 0 Å². The molecule has 0 aromatic carbocycles. The molecule has 0 aliphatic carbocycles. The first kappa shape index (κ1) is 16.2. The number of anilines is 1. The summed E-state index contributed by atoms with van der Waals surface area (Å²) >= 11 is 4.64. The van der Waals surface area contributed by atoms with Crippen LogP contribution in [-0.4, -0.2) is 11.4 Å².